The molecule has 0 radical (unpaired) electrons. The molecule has 0 unspecified atom stereocenters. The first kappa shape index (κ1) is 15.4. The Kier molecular flexibility index (Phi) is 3.73. The van der Waals surface area contributed by atoms with Gasteiger partial charge in [0.25, 0.3) is 10.0 Å². The first-order valence-electron chi connectivity index (χ1n) is 7.01. The standard InChI is InChI=1S/C16H17N3O3S/c1-11-17-14-10-12(8-9-15(14)19(11)2)23(20,21)18-13-6-4-5-7-16(13)22-3/h4-10,18H,1-3H3. The van der Waals surface area contributed by atoms with Gasteiger partial charge in [-0.2, -0.15) is 0 Å². The van der Waals surface area contributed by atoms with Gasteiger partial charge in [0.05, 0.1) is 28.7 Å². The zero-order chi connectivity index (χ0) is 16.6. The van der Waals surface area contributed by atoms with Crippen molar-refractivity contribution in [1.29, 1.82) is 0 Å². The van der Waals surface area contributed by atoms with E-state index >= 15 is 0 Å². The van der Waals surface area contributed by atoms with E-state index in [-0.39, 0.29) is 4.90 Å². The van der Waals surface area contributed by atoms with E-state index in [2.05, 4.69) is 9.71 Å². The number of aryl methyl sites for hydroxylation is 2. The highest BCUT2D eigenvalue weighted by atomic mass is 32.2. The summed E-state index contributed by atoms with van der Waals surface area (Å²) in [5.41, 5.74) is 1.93. The van der Waals surface area contributed by atoms with Crippen LogP contribution in [0.2, 0.25) is 0 Å². The van der Waals surface area contributed by atoms with Crippen molar-refractivity contribution in [3.63, 3.8) is 0 Å². The number of fused-ring (bicyclic) bond motifs is 1. The number of nitrogens with one attached hydrogen (secondary N) is 1. The monoisotopic (exact) mass is 331 g/mol. The Morgan fingerprint density at radius 2 is 1.91 bits per heavy atom. The van der Waals surface area contributed by atoms with Crippen molar-refractivity contribution in [3.05, 3.63) is 48.3 Å². The highest BCUT2D eigenvalue weighted by Crippen LogP contribution is 2.27. The SMILES string of the molecule is COc1ccccc1NS(=O)(=O)c1ccc2c(c1)nc(C)n2C. The summed E-state index contributed by atoms with van der Waals surface area (Å²) in [5.74, 6) is 1.29. The maximum Gasteiger partial charge on any atom is 0.262 e. The van der Waals surface area contributed by atoms with E-state index in [0.717, 1.165) is 11.3 Å². The summed E-state index contributed by atoms with van der Waals surface area (Å²) >= 11 is 0. The molecule has 3 rings (SSSR count). The molecule has 0 atom stereocenters. The van der Waals surface area contributed by atoms with Gasteiger partial charge in [0, 0.05) is 7.05 Å². The molecule has 0 spiro atoms. The lowest BCUT2D eigenvalue weighted by Crippen LogP contribution is -2.13. The van der Waals surface area contributed by atoms with Crippen LogP contribution in [0.5, 0.6) is 5.75 Å². The minimum Gasteiger partial charge on any atom is -0.495 e. The molecule has 0 aliphatic heterocycles. The van der Waals surface area contributed by atoms with Gasteiger partial charge in [-0.25, -0.2) is 13.4 Å². The molecule has 6 nitrogen and oxygen atoms in total. The number of imidazole rings is 1. The molecule has 120 valence electrons. The third kappa shape index (κ3) is 2.75. The third-order valence-electron chi connectivity index (χ3n) is 3.74. The lowest BCUT2D eigenvalue weighted by molar-refractivity contribution is 0.417. The zero-order valence-electron chi connectivity index (χ0n) is 13.1. The quantitative estimate of drug-likeness (QED) is 0.798. The average molecular weight is 331 g/mol. The maximum absolute atomic E-state index is 12.6. The second-order valence-corrected chi connectivity index (χ2v) is 6.86. The summed E-state index contributed by atoms with van der Waals surface area (Å²) in [5, 5.41) is 0. The number of anilines is 1. The van der Waals surface area contributed by atoms with Gasteiger partial charge in [-0.1, -0.05) is 12.1 Å². The van der Waals surface area contributed by atoms with Crippen LogP contribution in [0.1, 0.15) is 5.82 Å². The summed E-state index contributed by atoms with van der Waals surface area (Å²) in [7, 11) is -0.330. The first-order valence-corrected chi connectivity index (χ1v) is 8.49. The molecule has 7 heteroatoms. The average Bonchev–Trinajstić information content (AvgIpc) is 2.82. The van der Waals surface area contributed by atoms with Gasteiger partial charge in [0.15, 0.2) is 0 Å². The second-order valence-electron chi connectivity index (χ2n) is 5.17. The number of rotatable bonds is 4. The number of benzene rings is 2. The molecule has 0 aliphatic rings. The number of ether oxygens (including phenoxy) is 1. The molecule has 0 bridgehead atoms. The minimum atomic E-state index is -3.72. The van der Waals surface area contributed by atoms with Crippen LogP contribution in [0.15, 0.2) is 47.4 Å². The molecule has 3 aromatic rings. The van der Waals surface area contributed by atoms with Crippen molar-refractivity contribution >= 4 is 26.7 Å². The van der Waals surface area contributed by atoms with Crippen molar-refractivity contribution < 1.29 is 13.2 Å². The summed E-state index contributed by atoms with van der Waals surface area (Å²) in [6.45, 7) is 1.88. The Morgan fingerprint density at radius 3 is 2.65 bits per heavy atom. The van der Waals surface area contributed by atoms with Gasteiger partial charge in [-0.15, -0.1) is 0 Å². The minimum absolute atomic E-state index is 0.161. The van der Waals surface area contributed by atoms with Crippen molar-refractivity contribution in [2.45, 2.75) is 11.8 Å². The van der Waals surface area contributed by atoms with Crippen molar-refractivity contribution in [3.8, 4) is 5.75 Å². The molecular weight excluding hydrogens is 314 g/mol. The van der Waals surface area contributed by atoms with Gasteiger partial charge >= 0.3 is 0 Å². The number of aromatic nitrogens is 2. The van der Waals surface area contributed by atoms with Gasteiger partial charge in [0.2, 0.25) is 0 Å². The van der Waals surface area contributed by atoms with Crippen molar-refractivity contribution in [2.75, 3.05) is 11.8 Å². The van der Waals surface area contributed by atoms with Crippen LogP contribution in [-0.2, 0) is 17.1 Å². The maximum atomic E-state index is 12.6. The lowest BCUT2D eigenvalue weighted by atomic mass is 10.3. The highest BCUT2D eigenvalue weighted by molar-refractivity contribution is 7.92. The molecule has 0 amide bonds. The normalized spacial score (nSPS) is 11.6. The van der Waals surface area contributed by atoms with Crippen LogP contribution in [-0.4, -0.2) is 25.1 Å². The van der Waals surface area contributed by atoms with Gasteiger partial charge in [-0.3, -0.25) is 4.72 Å². The first-order chi connectivity index (χ1) is 10.9. The van der Waals surface area contributed by atoms with Gasteiger partial charge < -0.3 is 9.30 Å². The van der Waals surface area contributed by atoms with Crippen LogP contribution >= 0.6 is 0 Å². The molecule has 0 aliphatic carbocycles. The Labute approximate surface area is 134 Å². The van der Waals surface area contributed by atoms with Crippen molar-refractivity contribution in [1.82, 2.24) is 9.55 Å². The lowest BCUT2D eigenvalue weighted by Gasteiger charge is -2.11. The molecule has 1 N–H and O–H groups in total. The van der Waals surface area contributed by atoms with E-state index in [1.807, 2.05) is 18.5 Å². The molecule has 1 aromatic heterocycles. The van der Waals surface area contributed by atoms with Crippen LogP contribution in [0, 0.1) is 6.92 Å². The van der Waals surface area contributed by atoms with Gasteiger partial charge in [0.1, 0.15) is 11.6 Å². The Morgan fingerprint density at radius 1 is 1.17 bits per heavy atom. The fourth-order valence-electron chi connectivity index (χ4n) is 2.40. The molecule has 2 aromatic carbocycles. The molecule has 0 saturated heterocycles. The molecule has 23 heavy (non-hydrogen) atoms. The largest absolute Gasteiger partial charge is 0.495 e. The van der Waals surface area contributed by atoms with E-state index in [9.17, 15) is 8.42 Å². The van der Waals surface area contributed by atoms with E-state index < -0.39 is 10.0 Å². The van der Waals surface area contributed by atoms with Crippen molar-refractivity contribution in [2.24, 2.45) is 7.05 Å². The summed E-state index contributed by atoms with van der Waals surface area (Å²) < 4.78 is 34.9. The van der Waals surface area contributed by atoms with Crippen LogP contribution in [0.4, 0.5) is 5.69 Å². The number of hydrogen-bond acceptors (Lipinski definition) is 4. The molecule has 0 fully saturated rings. The van der Waals surface area contributed by atoms with E-state index in [4.69, 9.17) is 4.74 Å². The Balaban J connectivity index is 2.02. The Hall–Kier alpha value is -2.54. The van der Waals surface area contributed by atoms with E-state index in [0.29, 0.717) is 17.0 Å². The van der Waals surface area contributed by atoms with Crippen LogP contribution in [0.25, 0.3) is 11.0 Å². The number of para-hydroxylation sites is 2. The summed E-state index contributed by atoms with van der Waals surface area (Å²) in [6, 6.07) is 11.8. The fraction of sp³-hybridized carbons (Fsp3) is 0.188. The fourth-order valence-corrected chi connectivity index (χ4v) is 3.49. The van der Waals surface area contributed by atoms with E-state index in [1.54, 1.807) is 42.5 Å². The predicted molar refractivity (Wildman–Crippen MR) is 89.3 cm³/mol. The summed E-state index contributed by atoms with van der Waals surface area (Å²) in [6.07, 6.45) is 0. The molecular formula is C16H17N3O3S. The zero-order valence-corrected chi connectivity index (χ0v) is 13.9. The second kappa shape index (κ2) is 5.58. The smallest absolute Gasteiger partial charge is 0.262 e. The predicted octanol–water partition coefficient (Wildman–Crippen LogP) is 2.69. The topological polar surface area (TPSA) is 73.2 Å². The number of sulfonamides is 1. The number of hydrogen-bond donors (Lipinski definition) is 1. The van der Waals surface area contributed by atoms with E-state index in [1.165, 1.54) is 7.11 Å². The molecule has 0 saturated carbocycles. The third-order valence-corrected chi connectivity index (χ3v) is 5.10. The Bertz CT molecular complexity index is 977. The van der Waals surface area contributed by atoms with Crippen LogP contribution in [0.3, 0.4) is 0 Å². The highest BCUT2D eigenvalue weighted by Gasteiger charge is 2.18. The van der Waals surface area contributed by atoms with Crippen LogP contribution < -0.4 is 9.46 Å². The molecule has 1 heterocycles. The van der Waals surface area contributed by atoms with Gasteiger partial charge in [-0.05, 0) is 37.3 Å². The summed E-state index contributed by atoms with van der Waals surface area (Å²) in [4.78, 5) is 4.53. The number of nitrogens with zero attached hydrogens (tertiary/aromatic N) is 2. The number of methoxy groups -OCH3 is 1.